The Labute approximate surface area is 181 Å². The zero-order valence-electron chi connectivity index (χ0n) is 15.6. The topological polar surface area (TPSA) is 62.3 Å². The Morgan fingerprint density at radius 1 is 1.17 bits per heavy atom. The van der Waals surface area contributed by atoms with Crippen molar-refractivity contribution in [3.63, 3.8) is 0 Å². The number of carbonyl (C=O) groups is 2. The number of nitrogens with one attached hydrogen (secondary N) is 1. The summed E-state index contributed by atoms with van der Waals surface area (Å²) in [7, 11) is 0. The highest BCUT2D eigenvalue weighted by Gasteiger charge is 2.28. The number of hydrogen-bond donors (Lipinski definition) is 1. The monoisotopic (exact) mass is 467 g/mol. The SMILES string of the molecule is CC(=O)N1C=Cc2ccccc2C1CC(=O)Nc1nc(-c2ccc(Br)cc2)cs1. The Bertz CT molecular complexity index is 1090. The molecule has 0 saturated carbocycles. The van der Waals surface area contributed by atoms with Crippen LogP contribution in [0.25, 0.3) is 17.3 Å². The minimum atomic E-state index is -0.334. The van der Waals surface area contributed by atoms with Gasteiger partial charge in [0.2, 0.25) is 11.8 Å². The van der Waals surface area contributed by atoms with Gasteiger partial charge in [0.1, 0.15) is 0 Å². The second-order valence-corrected chi connectivity index (χ2v) is 8.46. The highest BCUT2D eigenvalue weighted by atomic mass is 79.9. The van der Waals surface area contributed by atoms with Gasteiger partial charge in [0.15, 0.2) is 5.13 Å². The summed E-state index contributed by atoms with van der Waals surface area (Å²) in [6.45, 7) is 1.51. The lowest BCUT2D eigenvalue weighted by atomic mass is 9.93. The van der Waals surface area contributed by atoms with Crippen molar-refractivity contribution in [2.45, 2.75) is 19.4 Å². The molecule has 29 heavy (non-hydrogen) atoms. The molecule has 2 aromatic carbocycles. The molecule has 1 aliphatic heterocycles. The first-order chi connectivity index (χ1) is 14.0. The number of benzene rings is 2. The van der Waals surface area contributed by atoms with Crippen LogP contribution in [0.1, 0.15) is 30.5 Å². The third kappa shape index (κ3) is 4.31. The van der Waals surface area contributed by atoms with E-state index >= 15 is 0 Å². The molecule has 3 aromatic rings. The van der Waals surface area contributed by atoms with E-state index < -0.39 is 0 Å². The van der Waals surface area contributed by atoms with Gasteiger partial charge in [0, 0.05) is 28.5 Å². The number of carbonyl (C=O) groups excluding carboxylic acids is 2. The fraction of sp³-hybridized carbons (Fsp3) is 0.136. The summed E-state index contributed by atoms with van der Waals surface area (Å²) >= 11 is 4.80. The third-order valence-electron chi connectivity index (χ3n) is 4.74. The first-order valence-corrected chi connectivity index (χ1v) is 10.8. The molecule has 0 bridgehead atoms. The molecule has 7 heteroatoms. The van der Waals surface area contributed by atoms with E-state index in [1.807, 2.05) is 60.0 Å². The number of anilines is 1. The molecule has 2 heterocycles. The van der Waals surface area contributed by atoms with Crippen molar-refractivity contribution in [2.24, 2.45) is 0 Å². The molecule has 1 aromatic heterocycles. The minimum absolute atomic E-state index is 0.0969. The Balaban J connectivity index is 1.50. The average Bonchev–Trinajstić information content (AvgIpc) is 3.16. The van der Waals surface area contributed by atoms with Crippen molar-refractivity contribution in [1.82, 2.24) is 9.88 Å². The van der Waals surface area contributed by atoms with Gasteiger partial charge >= 0.3 is 0 Å². The van der Waals surface area contributed by atoms with Crippen molar-refractivity contribution in [1.29, 1.82) is 0 Å². The van der Waals surface area contributed by atoms with Crippen LogP contribution in [0, 0.1) is 0 Å². The summed E-state index contributed by atoms with van der Waals surface area (Å²) in [4.78, 5) is 30.9. The van der Waals surface area contributed by atoms with Crippen molar-refractivity contribution in [2.75, 3.05) is 5.32 Å². The van der Waals surface area contributed by atoms with Crippen LogP contribution in [0.4, 0.5) is 5.13 Å². The molecular weight excluding hydrogens is 450 g/mol. The first-order valence-electron chi connectivity index (χ1n) is 9.08. The minimum Gasteiger partial charge on any atom is -0.311 e. The average molecular weight is 468 g/mol. The summed E-state index contributed by atoms with van der Waals surface area (Å²) < 4.78 is 1.00. The predicted molar refractivity (Wildman–Crippen MR) is 119 cm³/mol. The second-order valence-electron chi connectivity index (χ2n) is 6.68. The largest absolute Gasteiger partial charge is 0.311 e. The lowest BCUT2D eigenvalue weighted by Gasteiger charge is -2.32. The summed E-state index contributed by atoms with van der Waals surface area (Å²) in [6, 6.07) is 15.3. The Morgan fingerprint density at radius 2 is 1.93 bits per heavy atom. The lowest BCUT2D eigenvalue weighted by molar-refractivity contribution is -0.129. The van der Waals surface area contributed by atoms with E-state index in [2.05, 4.69) is 26.2 Å². The summed E-state index contributed by atoms with van der Waals surface area (Å²) in [5, 5.41) is 5.34. The van der Waals surface area contributed by atoms with Crippen molar-refractivity contribution < 1.29 is 9.59 Å². The number of rotatable bonds is 4. The molecule has 5 nitrogen and oxygen atoms in total. The fourth-order valence-electron chi connectivity index (χ4n) is 3.34. The molecule has 0 radical (unpaired) electrons. The van der Waals surface area contributed by atoms with Crippen LogP contribution in [-0.4, -0.2) is 21.7 Å². The number of fused-ring (bicyclic) bond motifs is 1. The maximum Gasteiger partial charge on any atom is 0.228 e. The summed E-state index contributed by atoms with van der Waals surface area (Å²) in [5.41, 5.74) is 3.79. The molecule has 0 aliphatic carbocycles. The van der Waals surface area contributed by atoms with Gasteiger partial charge in [-0.1, -0.05) is 52.3 Å². The summed E-state index contributed by atoms with van der Waals surface area (Å²) in [5.74, 6) is -0.275. The van der Waals surface area contributed by atoms with Crippen LogP contribution in [0.2, 0.25) is 0 Å². The molecule has 0 fully saturated rings. The van der Waals surface area contributed by atoms with E-state index in [-0.39, 0.29) is 24.3 Å². The van der Waals surface area contributed by atoms with Crippen molar-refractivity contribution in [3.05, 3.63) is 75.7 Å². The van der Waals surface area contributed by atoms with Crippen LogP contribution < -0.4 is 5.32 Å². The van der Waals surface area contributed by atoms with Crippen LogP contribution in [0.15, 0.2) is 64.6 Å². The molecule has 0 spiro atoms. The van der Waals surface area contributed by atoms with E-state index in [9.17, 15) is 9.59 Å². The molecule has 0 saturated heterocycles. The first kappa shape index (κ1) is 19.5. The molecule has 1 N–H and O–H groups in total. The smallest absolute Gasteiger partial charge is 0.228 e. The zero-order valence-corrected chi connectivity index (χ0v) is 18.0. The Hall–Kier alpha value is -2.77. The zero-order chi connectivity index (χ0) is 20.4. The van der Waals surface area contributed by atoms with Crippen LogP contribution in [-0.2, 0) is 9.59 Å². The maximum atomic E-state index is 12.7. The van der Waals surface area contributed by atoms with E-state index in [4.69, 9.17) is 0 Å². The number of amides is 2. The molecule has 4 rings (SSSR count). The highest BCUT2D eigenvalue weighted by molar-refractivity contribution is 9.10. The lowest BCUT2D eigenvalue weighted by Crippen LogP contribution is -2.33. The second kappa shape index (κ2) is 8.31. The number of aromatic nitrogens is 1. The molecule has 1 atom stereocenters. The quantitative estimate of drug-likeness (QED) is 0.552. The third-order valence-corrected chi connectivity index (χ3v) is 6.02. The maximum absolute atomic E-state index is 12.7. The van der Waals surface area contributed by atoms with Gasteiger partial charge in [-0.25, -0.2) is 4.98 Å². The Morgan fingerprint density at radius 3 is 2.69 bits per heavy atom. The van der Waals surface area contributed by atoms with E-state index in [0.717, 1.165) is 26.9 Å². The fourth-order valence-corrected chi connectivity index (χ4v) is 4.34. The van der Waals surface area contributed by atoms with Gasteiger partial charge in [0.25, 0.3) is 0 Å². The number of thiazole rings is 1. The molecule has 1 unspecified atom stereocenters. The normalized spacial score (nSPS) is 15.1. The van der Waals surface area contributed by atoms with Gasteiger partial charge in [0.05, 0.1) is 18.2 Å². The van der Waals surface area contributed by atoms with E-state index in [0.29, 0.717) is 5.13 Å². The van der Waals surface area contributed by atoms with Crippen LogP contribution >= 0.6 is 27.3 Å². The van der Waals surface area contributed by atoms with Crippen LogP contribution in [0.3, 0.4) is 0 Å². The number of nitrogens with zero attached hydrogens (tertiary/aromatic N) is 2. The van der Waals surface area contributed by atoms with E-state index in [1.165, 1.54) is 18.3 Å². The molecule has 146 valence electrons. The predicted octanol–water partition coefficient (Wildman–Crippen LogP) is 5.48. The van der Waals surface area contributed by atoms with Crippen LogP contribution in [0.5, 0.6) is 0 Å². The molecule has 2 amide bonds. The number of halogens is 1. The Kier molecular flexibility index (Phi) is 5.60. The highest BCUT2D eigenvalue weighted by Crippen LogP contribution is 2.33. The van der Waals surface area contributed by atoms with Crippen molar-refractivity contribution >= 4 is 50.3 Å². The molecular formula is C22H18BrN3O2S. The van der Waals surface area contributed by atoms with Gasteiger partial charge < -0.3 is 10.2 Å². The van der Waals surface area contributed by atoms with Crippen molar-refractivity contribution in [3.8, 4) is 11.3 Å². The standard InChI is InChI=1S/C22H18BrN3O2S/c1-14(27)26-11-10-15-4-2-3-5-18(15)20(26)12-21(28)25-22-24-19(13-29-22)16-6-8-17(23)9-7-16/h2-11,13,20H,12H2,1H3,(H,24,25,28). The molecule has 1 aliphatic rings. The van der Waals surface area contributed by atoms with E-state index in [1.54, 1.807) is 11.1 Å². The van der Waals surface area contributed by atoms with Gasteiger partial charge in [-0.05, 0) is 29.3 Å². The van der Waals surface area contributed by atoms with Gasteiger partial charge in [-0.3, -0.25) is 9.59 Å². The van der Waals surface area contributed by atoms with Gasteiger partial charge in [-0.2, -0.15) is 0 Å². The van der Waals surface area contributed by atoms with Gasteiger partial charge in [-0.15, -0.1) is 11.3 Å². The summed E-state index contributed by atoms with van der Waals surface area (Å²) in [6.07, 6.45) is 3.81. The number of hydrogen-bond acceptors (Lipinski definition) is 4.